The number of hydrogen-bond acceptors (Lipinski definition) is 2. The molecule has 2 atom stereocenters. The Hall–Kier alpha value is -1.35. The fourth-order valence-electron chi connectivity index (χ4n) is 2.42. The molecule has 0 aromatic heterocycles. The molecule has 0 N–H and O–H groups in total. The van der Waals surface area contributed by atoms with Gasteiger partial charge in [-0.25, -0.2) is 0 Å². The van der Waals surface area contributed by atoms with Crippen LogP contribution in [0.5, 0.6) is 0 Å². The monoisotopic (exact) mass is 360 g/mol. The van der Waals surface area contributed by atoms with E-state index in [1.165, 1.54) is 0 Å². The topological polar surface area (TPSA) is 12.5 Å². The third-order valence-electron chi connectivity index (χ3n) is 3.72. The minimum Gasteiger partial charge on any atom is -0.366 e. The summed E-state index contributed by atoms with van der Waals surface area (Å²) >= 11 is 5.92. The first-order valence-electron chi connectivity index (χ1n) is 15.8. The summed E-state index contributed by atoms with van der Waals surface area (Å²) < 4.78 is 146. The molecule has 0 radical (unpaired) electrons. The third-order valence-corrected chi connectivity index (χ3v) is 3.91. The Morgan fingerprint density at radius 2 is 2.00 bits per heavy atom. The first-order valence-corrected chi connectivity index (χ1v) is 7.69. The fraction of sp³-hybridized carbons (Fsp3) is 0.429. The molecule has 0 aliphatic carbocycles. The van der Waals surface area contributed by atoms with E-state index in [-0.39, 0.29) is 13.0 Å². The van der Waals surface area contributed by atoms with Gasteiger partial charge in [-0.1, -0.05) is 53.9 Å². The predicted molar refractivity (Wildman–Crippen MR) is 101 cm³/mol. The second-order valence-electron chi connectivity index (χ2n) is 5.31. The summed E-state index contributed by atoms with van der Waals surface area (Å²) in [6.45, 7) is -9.38. The first kappa shape index (κ1) is 6.12. The largest absolute Gasteiger partial charge is 0.366 e. The molecule has 1 aliphatic rings. The molecule has 2 aromatic carbocycles. The second kappa shape index (κ2) is 7.69. The van der Waals surface area contributed by atoms with Crippen molar-refractivity contribution in [3.05, 3.63) is 70.5 Å². The molecule has 24 heavy (non-hydrogen) atoms. The van der Waals surface area contributed by atoms with Gasteiger partial charge in [-0.3, -0.25) is 0 Å². The van der Waals surface area contributed by atoms with Crippen LogP contribution in [0.2, 0.25) is 5.02 Å². The van der Waals surface area contributed by atoms with Crippen LogP contribution in [0.15, 0.2) is 54.4 Å². The van der Waals surface area contributed by atoms with Crippen molar-refractivity contribution in [3.63, 3.8) is 0 Å². The zero-order valence-corrected chi connectivity index (χ0v) is 13.4. The third kappa shape index (κ3) is 3.83. The van der Waals surface area contributed by atoms with E-state index in [9.17, 15) is 0 Å². The second-order valence-corrected chi connectivity index (χ2v) is 5.69. The van der Waals surface area contributed by atoms with Gasteiger partial charge in [0.25, 0.3) is 0 Å². The lowest BCUT2D eigenvalue weighted by molar-refractivity contribution is -0.0117. The molecule has 1 aliphatic heterocycles. The molecule has 0 unspecified atom stereocenters. The van der Waals surface area contributed by atoms with Gasteiger partial charge in [0.15, 0.2) is 0 Å². The molecule has 0 spiro atoms. The highest BCUT2D eigenvalue weighted by atomic mass is 35.5. The quantitative estimate of drug-likeness (QED) is 0.710. The van der Waals surface area contributed by atoms with Crippen LogP contribution in [0.25, 0.3) is 0 Å². The maximum Gasteiger partial charge on any atom is 0.115 e. The number of benzene rings is 2. The van der Waals surface area contributed by atoms with Crippen LogP contribution in [0.4, 0.5) is 0 Å². The fourth-order valence-corrected chi connectivity index (χ4v) is 2.51. The van der Waals surface area contributed by atoms with Crippen molar-refractivity contribution in [2.45, 2.75) is 37.8 Å². The molecule has 1 saturated heterocycles. The molecule has 1 heterocycles. The van der Waals surface area contributed by atoms with E-state index in [0.29, 0.717) is 6.42 Å². The van der Waals surface area contributed by atoms with Crippen LogP contribution in [0.3, 0.4) is 0 Å². The summed E-state index contributed by atoms with van der Waals surface area (Å²) in [5.74, 6) is 0. The SMILES string of the molecule is [2H]c1c([2H])c([2H])c([C@@](OC([2H])([2H])C[C@H]2CCCN2C([2H])([2H])[2H])(c2c([2H])c([2H])c(Cl)c([2H])c2[2H])C([2H])([2H])[2H])c([2H])c1[2H]. The van der Waals surface area contributed by atoms with Gasteiger partial charge in [0.2, 0.25) is 0 Å². The van der Waals surface area contributed by atoms with E-state index in [1.807, 2.05) is 0 Å². The van der Waals surface area contributed by atoms with Gasteiger partial charge in [0.1, 0.15) is 5.60 Å². The highest BCUT2D eigenvalue weighted by Gasteiger charge is 2.30. The minimum atomic E-state index is -3.73. The van der Waals surface area contributed by atoms with E-state index in [4.69, 9.17) is 39.6 Å². The lowest BCUT2D eigenvalue weighted by atomic mass is 9.88. The zero-order valence-electron chi connectivity index (χ0n) is 29.6. The summed E-state index contributed by atoms with van der Waals surface area (Å²) in [5.41, 5.74) is -5.79. The van der Waals surface area contributed by atoms with Gasteiger partial charge in [-0.15, -0.1) is 0 Å². The van der Waals surface area contributed by atoms with Crippen molar-refractivity contribution in [2.24, 2.45) is 0 Å². The Labute approximate surface area is 174 Å². The van der Waals surface area contributed by atoms with E-state index in [0.717, 1.165) is 4.90 Å². The van der Waals surface area contributed by atoms with Crippen molar-refractivity contribution in [3.8, 4) is 0 Å². The summed E-state index contributed by atoms with van der Waals surface area (Å²) in [6.07, 6.45) is -0.182. The van der Waals surface area contributed by atoms with E-state index in [2.05, 4.69) is 0 Å². The maximum atomic E-state index is 8.69. The highest BCUT2D eigenvalue weighted by molar-refractivity contribution is 6.30. The molecule has 3 heteroatoms. The van der Waals surface area contributed by atoms with Gasteiger partial charge >= 0.3 is 0 Å². The van der Waals surface area contributed by atoms with Crippen LogP contribution < -0.4 is 0 Å². The van der Waals surface area contributed by atoms with Gasteiger partial charge < -0.3 is 9.64 Å². The van der Waals surface area contributed by atoms with E-state index < -0.39 is 109 Å². The van der Waals surface area contributed by atoms with E-state index >= 15 is 0 Å². The zero-order chi connectivity index (χ0) is 31.6. The van der Waals surface area contributed by atoms with Gasteiger partial charge in [-0.05, 0) is 62.8 Å². The van der Waals surface area contributed by atoms with Crippen LogP contribution in [-0.4, -0.2) is 31.0 Å². The van der Waals surface area contributed by atoms with Gasteiger partial charge in [0.05, 0.1) is 15.1 Å². The summed E-state index contributed by atoms with van der Waals surface area (Å²) in [7, 11) is 0. The lowest BCUT2D eigenvalue weighted by Gasteiger charge is -2.32. The molecular formula is C21H26ClNO. The summed E-state index contributed by atoms with van der Waals surface area (Å²) in [6, 6.07) is -10.3. The number of ether oxygens (including phenoxy) is 1. The van der Waals surface area contributed by atoms with Crippen molar-refractivity contribution in [1.29, 1.82) is 0 Å². The average Bonchev–Trinajstić information content (AvgIpc) is 3.31. The van der Waals surface area contributed by atoms with Gasteiger partial charge in [0, 0.05) is 25.8 Å². The standard InChI is InChI=1S/C21H26ClNO/c1-21(17-7-4-3-5-8-17,18-10-12-19(22)13-11-18)24-16-14-20-9-6-15-23(20)2/h3-5,7-8,10-13,20H,6,9,14-16H2,1-2H3/t20-,21-/m1/s1/i1D3,2D3,3D,4D,5D,7D,8D,10D,11D,12D,13D,16D2. The van der Waals surface area contributed by atoms with Crippen LogP contribution in [0.1, 0.15) is 60.5 Å². The molecule has 128 valence electrons. The number of rotatable bonds is 6. The molecule has 0 saturated carbocycles. The Balaban J connectivity index is 2.47. The van der Waals surface area contributed by atoms with Crippen molar-refractivity contribution >= 4 is 11.6 Å². The number of nitrogens with zero attached hydrogens (tertiary/aromatic N) is 1. The summed E-state index contributed by atoms with van der Waals surface area (Å²) in [4.78, 5) is 1.04. The Bertz CT molecular complexity index is 1230. The maximum absolute atomic E-state index is 8.69. The molecule has 2 nitrogen and oxygen atoms in total. The molecule has 1 fully saturated rings. The van der Waals surface area contributed by atoms with Crippen molar-refractivity contribution < 1.29 is 28.0 Å². The Morgan fingerprint density at radius 1 is 1.25 bits per heavy atom. The minimum absolute atomic E-state index is 0.0834. The average molecular weight is 361 g/mol. The highest BCUT2D eigenvalue weighted by Crippen LogP contribution is 2.34. The summed E-state index contributed by atoms with van der Waals surface area (Å²) in [5, 5.41) is -0.702. The lowest BCUT2D eigenvalue weighted by Crippen LogP contribution is -2.31. The number of hydrogen-bond donors (Lipinski definition) is 0. The Kier molecular flexibility index (Phi) is 1.96. The molecule has 3 rings (SSSR count). The molecule has 0 bridgehead atoms. The van der Waals surface area contributed by atoms with Crippen LogP contribution >= 0.6 is 11.6 Å². The smallest absolute Gasteiger partial charge is 0.115 e. The van der Waals surface area contributed by atoms with Crippen molar-refractivity contribution in [2.75, 3.05) is 20.1 Å². The normalized spacial score (nSPS) is 32.7. The predicted octanol–water partition coefficient (Wildman–Crippen LogP) is 5.10. The number of halogens is 1. The van der Waals surface area contributed by atoms with Crippen LogP contribution in [-0.2, 0) is 10.3 Å². The Morgan fingerprint density at radius 3 is 2.71 bits per heavy atom. The molecular weight excluding hydrogens is 318 g/mol. The first-order chi connectivity index (χ1) is 18.5. The van der Waals surface area contributed by atoms with Gasteiger partial charge in [-0.2, -0.15) is 0 Å². The number of likely N-dealkylation sites (tertiary alicyclic amines) is 1. The molecule has 0 amide bonds. The van der Waals surface area contributed by atoms with E-state index in [1.54, 1.807) is 0 Å². The molecule has 2 aromatic rings. The van der Waals surface area contributed by atoms with Crippen molar-refractivity contribution in [1.82, 2.24) is 4.90 Å². The van der Waals surface area contributed by atoms with Crippen LogP contribution in [0, 0.1) is 0 Å².